The SMILES string of the molecule is O=C(c1ccc(Cl)cc1)N(CCCOC1CCS(=O)(=O)C1)C1CCS(=O)(=O)C1. The van der Waals surface area contributed by atoms with E-state index in [0.717, 1.165) is 0 Å². The molecule has 2 aliphatic heterocycles. The monoisotopic (exact) mass is 449 g/mol. The van der Waals surface area contributed by atoms with Crippen molar-refractivity contribution in [1.82, 2.24) is 4.90 Å². The van der Waals surface area contributed by atoms with E-state index in [4.69, 9.17) is 16.3 Å². The Labute approximate surface area is 170 Å². The molecule has 1 amide bonds. The number of amides is 1. The van der Waals surface area contributed by atoms with Crippen LogP contribution in [0.3, 0.4) is 0 Å². The minimum Gasteiger partial charge on any atom is -0.377 e. The molecule has 2 unspecified atom stereocenters. The van der Waals surface area contributed by atoms with Gasteiger partial charge in [0.25, 0.3) is 5.91 Å². The van der Waals surface area contributed by atoms with Crippen LogP contribution < -0.4 is 0 Å². The molecule has 0 bridgehead atoms. The highest BCUT2D eigenvalue weighted by molar-refractivity contribution is 7.91. The van der Waals surface area contributed by atoms with Crippen molar-refractivity contribution in [3.05, 3.63) is 34.9 Å². The van der Waals surface area contributed by atoms with Crippen LogP contribution in [0.15, 0.2) is 24.3 Å². The third-order valence-corrected chi connectivity index (χ3v) is 8.83. The highest BCUT2D eigenvalue weighted by atomic mass is 35.5. The van der Waals surface area contributed by atoms with Crippen LogP contribution in [0.5, 0.6) is 0 Å². The minimum atomic E-state index is -3.13. The fourth-order valence-electron chi connectivity index (χ4n) is 3.61. The van der Waals surface area contributed by atoms with E-state index >= 15 is 0 Å². The van der Waals surface area contributed by atoms with Crippen LogP contribution in [0.4, 0.5) is 0 Å². The second-order valence-electron chi connectivity index (χ2n) is 7.31. The molecular formula is C18H24ClNO6S2. The molecule has 1 aromatic carbocycles. The van der Waals surface area contributed by atoms with Crippen molar-refractivity contribution in [2.75, 3.05) is 36.2 Å². The van der Waals surface area contributed by atoms with Gasteiger partial charge in [-0.15, -0.1) is 0 Å². The van der Waals surface area contributed by atoms with Crippen molar-refractivity contribution in [3.63, 3.8) is 0 Å². The zero-order chi connectivity index (χ0) is 20.4. The maximum atomic E-state index is 13.0. The lowest BCUT2D eigenvalue weighted by Gasteiger charge is -2.28. The van der Waals surface area contributed by atoms with Crippen LogP contribution in [0.1, 0.15) is 29.6 Å². The Balaban J connectivity index is 1.61. The Kier molecular flexibility index (Phi) is 6.69. The van der Waals surface area contributed by atoms with Crippen LogP contribution in [0.25, 0.3) is 0 Å². The molecule has 3 rings (SSSR count). The number of carbonyl (C=O) groups is 1. The Bertz CT molecular complexity index is 914. The molecule has 28 heavy (non-hydrogen) atoms. The smallest absolute Gasteiger partial charge is 0.254 e. The number of hydrogen-bond acceptors (Lipinski definition) is 6. The molecule has 0 N–H and O–H groups in total. The van der Waals surface area contributed by atoms with Gasteiger partial charge in [0.05, 0.1) is 29.1 Å². The quantitative estimate of drug-likeness (QED) is 0.586. The molecule has 2 heterocycles. The fourth-order valence-corrected chi connectivity index (χ4v) is 7.08. The van der Waals surface area contributed by atoms with Crippen molar-refractivity contribution in [2.45, 2.75) is 31.4 Å². The molecule has 156 valence electrons. The maximum Gasteiger partial charge on any atom is 0.254 e. The van der Waals surface area contributed by atoms with Gasteiger partial charge in [-0.2, -0.15) is 0 Å². The van der Waals surface area contributed by atoms with E-state index < -0.39 is 19.7 Å². The molecule has 0 aromatic heterocycles. The molecule has 2 fully saturated rings. The molecule has 2 saturated heterocycles. The summed E-state index contributed by atoms with van der Waals surface area (Å²) < 4.78 is 52.4. The molecule has 2 atom stereocenters. The normalized spacial score (nSPS) is 25.6. The molecule has 0 radical (unpaired) electrons. The third-order valence-electron chi connectivity index (χ3n) is 5.09. The summed E-state index contributed by atoms with van der Waals surface area (Å²) in [6, 6.07) is 6.14. The lowest BCUT2D eigenvalue weighted by molar-refractivity contribution is 0.0531. The number of ether oxygens (including phenoxy) is 1. The highest BCUT2D eigenvalue weighted by Crippen LogP contribution is 2.22. The van der Waals surface area contributed by atoms with Crippen molar-refractivity contribution in [3.8, 4) is 0 Å². The zero-order valence-corrected chi connectivity index (χ0v) is 17.8. The Hall–Kier alpha value is -1.16. The van der Waals surface area contributed by atoms with E-state index in [1.165, 1.54) is 0 Å². The molecule has 7 nitrogen and oxygen atoms in total. The van der Waals surface area contributed by atoms with E-state index in [0.29, 0.717) is 43.0 Å². The van der Waals surface area contributed by atoms with Crippen LogP contribution in [0, 0.1) is 0 Å². The fraction of sp³-hybridized carbons (Fsp3) is 0.611. The molecule has 2 aliphatic rings. The van der Waals surface area contributed by atoms with Crippen molar-refractivity contribution >= 4 is 37.2 Å². The first kappa shape index (κ1) is 21.5. The Morgan fingerprint density at radius 2 is 1.68 bits per heavy atom. The van der Waals surface area contributed by atoms with Gasteiger partial charge in [-0.05, 0) is 43.5 Å². The molecule has 0 saturated carbocycles. The largest absolute Gasteiger partial charge is 0.377 e. The number of halogens is 1. The molecular weight excluding hydrogens is 426 g/mol. The Morgan fingerprint density at radius 1 is 1.04 bits per heavy atom. The number of benzene rings is 1. The van der Waals surface area contributed by atoms with E-state index in [-0.39, 0.29) is 41.1 Å². The first-order chi connectivity index (χ1) is 13.2. The average molecular weight is 450 g/mol. The lowest BCUT2D eigenvalue weighted by Crippen LogP contribution is -2.42. The zero-order valence-electron chi connectivity index (χ0n) is 15.4. The minimum absolute atomic E-state index is 0.0337. The van der Waals surface area contributed by atoms with Gasteiger partial charge in [0.1, 0.15) is 0 Å². The van der Waals surface area contributed by atoms with Gasteiger partial charge in [0, 0.05) is 29.8 Å². The van der Waals surface area contributed by atoms with Gasteiger partial charge < -0.3 is 9.64 Å². The summed E-state index contributed by atoms with van der Waals surface area (Å²) in [6.45, 7) is 0.672. The summed E-state index contributed by atoms with van der Waals surface area (Å²) in [4.78, 5) is 14.6. The first-order valence-corrected chi connectivity index (χ1v) is 13.3. The molecule has 1 aromatic rings. The van der Waals surface area contributed by atoms with Crippen LogP contribution >= 0.6 is 11.6 Å². The first-order valence-electron chi connectivity index (χ1n) is 9.24. The van der Waals surface area contributed by atoms with Gasteiger partial charge in [-0.3, -0.25) is 4.79 Å². The topological polar surface area (TPSA) is 97.8 Å². The summed E-state index contributed by atoms with van der Waals surface area (Å²) in [6.07, 6.45) is 1.13. The van der Waals surface area contributed by atoms with Gasteiger partial charge in [0.15, 0.2) is 19.7 Å². The van der Waals surface area contributed by atoms with E-state index in [1.54, 1.807) is 29.2 Å². The summed E-state index contributed by atoms with van der Waals surface area (Å²) in [5.41, 5.74) is 0.455. The number of sulfone groups is 2. The third kappa shape index (κ3) is 5.68. The molecule has 0 aliphatic carbocycles. The average Bonchev–Trinajstić information content (AvgIpc) is 3.16. The number of nitrogens with zero attached hydrogens (tertiary/aromatic N) is 1. The van der Waals surface area contributed by atoms with Gasteiger partial charge in [0.2, 0.25) is 0 Å². The second kappa shape index (κ2) is 8.69. The van der Waals surface area contributed by atoms with Crippen molar-refractivity contribution in [1.29, 1.82) is 0 Å². The van der Waals surface area contributed by atoms with Gasteiger partial charge in [-0.1, -0.05) is 11.6 Å². The summed E-state index contributed by atoms with van der Waals surface area (Å²) >= 11 is 5.88. The van der Waals surface area contributed by atoms with E-state index in [9.17, 15) is 21.6 Å². The van der Waals surface area contributed by atoms with E-state index in [2.05, 4.69) is 0 Å². The summed E-state index contributed by atoms with van der Waals surface area (Å²) in [5, 5.41) is 0.520. The van der Waals surface area contributed by atoms with Crippen LogP contribution in [0.2, 0.25) is 5.02 Å². The molecule has 10 heteroatoms. The molecule has 0 spiro atoms. The summed E-state index contributed by atoms with van der Waals surface area (Å²) in [5.74, 6) is 0.00861. The van der Waals surface area contributed by atoms with Crippen LogP contribution in [-0.2, 0) is 24.4 Å². The lowest BCUT2D eigenvalue weighted by atomic mass is 10.1. The predicted octanol–water partition coefficient (Wildman–Crippen LogP) is 1.56. The van der Waals surface area contributed by atoms with Crippen LogP contribution in [-0.4, -0.2) is 76.0 Å². The standard InChI is InChI=1S/C18H24ClNO6S2/c19-15-4-2-14(3-5-15)18(21)20(16-6-10-27(22,23)12-16)8-1-9-26-17-7-11-28(24,25)13-17/h2-5,16-17H,1,6-13H2. The van der Waals surface area contributed by atoms with Gasteiger partial charge in [-0.25, -0.2) is 16.8 Å². The highest BCUT2D eigenvalue weighted by Gasteiger charge is 2.35. The number of rotatable bonds is 7. The van der Waals surface area contributed by atoms with Gasteiger partial charge >= 0.3 is 0 Å². The van der Waals surface area contributed by atoms with Crippen molar-refractivity contribution < 1.29 is 26.4 Å². The number of carbonyl (C=O) groups excluding carboxylic acids is 1. The predicted molar refractivity (Wildman–Crippen MR) is 107 cm³/mol. The Morgan fingerprint density at radius 3 is 2.25 bits per heavy atom. The summed E-state index contributed by atoms with van der Waals surface area (Å²) in [7, 11) is -6.13. The van der Waals surface area contributed by atoms with E-state index in [1.807, 2.05) is 0 Å². The maximum absolute atomic E-state index is 13.0. The van der Waals surface area contributed by atoms with Crippen molar-refractivity contribution in [2.24, 2.45) is 0 Å². The second-order valence-corrected chi connectivity index (χ2v) is 12.2. The number of hydrogen-bond donors (Lipinski definition) is 0.